The van der Waals surface area contributed by atoms with Crippen molar-refractivity contribution < 1.29 is 62.1 Å². The topological polar surface area (TPSA) is 172 Å². The van der Waals surface area contributed by atoms with Crippen molar-refractivity contribution in [1.82, 2.24) is 8.75 Å². The smallest absolute Gasteiger partial charge is 0.342 e. The Kier molecular flexibility index (Phi) is 12.5. The maximum atomic E-state index is 13.6. The number of nitrogens with zero attached hydrogens (tertiary/aromatic N) is 2. The van der Waals surface area contributed by atoms with Gasteiger partial charge in [0.05, 0.1) is 81.3 Å². The number of ether oxygens (including phenoxy) is 10. The van der Waals surface area contributed by atoms with Gasteiger partial charge in [0.2, 0.25) is 17.2 Å². The number of aliphatic hydroxyl groups is 1. The van der Waals surface area contributed by atoms with Crippen molar-refractivity contribution in [2.75, 3.05) is 64.0 Å². The van der Waals surface area contributed by atoms with E-state index in [0.29, 0.717) is 68.0 Å². The molecule has 0 fully saturated rings. The summed E-state index contributed by atoms with van der Waals surface area (Å²) in [5, 5.41) is 12.3. The van der Waals surface area contributed by atoms with E-state index >= 15 is 0 Å². The number of fused-ring (bicyclic) bond motifs is 1. The minimum absolute atomic E-state index is 0.0678. The van der Waals surface area contributed by atoms with E-state index in [1.165, 1.54) is 64.0 Å². The Balaban J connectivity index is 0.000000350. The molecule has 1 aliphatic rings. The Hall–Kier alpha value is -6.26. The molecular weight excluding hydrogens is 736 g/mol. The van der Waals surface area contributed by atoms with E-state index < -0.39 is 11.8 Å². The molecule has 0 spiro atoms. The summed E-state index contributed by atoms with van der Waals surface area (Å²) in [5.41, 5.74) is 3.63. The van der Waals surface area contributed by atoms with Crippen LogP contribution in [0, 0.1) is 0 Å². The Labute approximate surface area is 321 Å². The lowest BCUT2D eigenvalue weighted by Gasteiger charge is -2.27. The molecule has 6 rings (SSSR count). The maximum absolute atomic E-state index is 13.6. The molecule has 1 unspecified atom stereocenters. The molecule has 0 radical (unpaired) electrons. The number of carbonyl (C=O) groups is 2. The summed E-state index contributed by atoms with van der Waals surface area (Å²) in [6.45, 7) is 0. The standard InChI is InChI=1S/C29H28N2O9S.C10H12O4/c1-34-21-10-15(11-22(35-2)26(21)38-5)9-18-25(16-7-8-19-20(12-16)31-41-30-19)28(32)40-29(18,33)17-13-23(36-3)27(39-6)24(14-17)37-4;1-12-8-4-7(6-11)5-9(13-2)10(8)14-3/h7-8,10-14,33H,9H2,1-6H3;4-6H,1-3H3. The zero-order chi connectivity index (χ0) is 39.9. The maximum Gasteiger partial charge on any atom is 0.342 e. The van der Waals surface area contributed by atoms with Gasteiger partial charge in [-0.15, -0.1) is 0 Å². The lowest BCUT2D eigenvalue weighted by molar-refractivity contribution is -0.185. The van der Waals surface area contributed by atoms with Crippen LogP contribution in [0.3, 0.4) is 0 Å². The van der Waals surface area contributed by atoms with Crippen LogP contribution in [-0.2, 0) is 21.7 Å². The molecule has 290 valence electrons. The summed E-state index contributed by atoms with van der Waals surface area (Å²) in [6.07, 6.45) is 0.794. The normalized spacial score (nSPS) is 14.7. The zero-order valence-corrected chi connectivity index (χ0v) is 32.4. The number of aromatic nitrogens is 2. The van der Waals surface area contributed by atoms with E-state index in [0.717, 1.165) is 18.0 Å². The minimum atomic E-state index is -2.20. The van der Waals surface area contributed by atoms with Gasteiger partial charge < -0.3 is 52.5 Å². The predicted octanol–water partition coefficient (Wildman–Crippen LogP) is 5.67. The van der Waals surface area contributed by atoms with Crippen LogP contribution in [-0.4, -0.2) is 90.1 Å². The van der Waals surface area contributed by atoms with Crippen molar-refractivity contribution in [2.24, 2.45) is 0 Å². The van der Waals surface area contributed by atoms with Crippen LogP contribution in [0.4, 0.5) is 0 Å². The van der Waals surface area contributed by atoms with Crippen LogP contribution in [0.25, 0.3) is 16.6 Å². The summed E-state index contributed by atoms with van der Waals surface area (Å²) >= 11 is 1.07. The van der Waals surface area contributed by atoms with E-state index in [4.69, 9.17) is 47.4 Å². The van der Waals surface area contributed by atoms with Crippen molar-refractivity contribution >= 4 is 40.6 Å². The van der Waals surface area contributed by atoms with Gasteiger partial charge in [0.25, 0.3) is 5.79 Å². The van der Waals surface area contributed by atoms with Crippen molar-refractivity contribution in [3.8, 4) is 51.7 Å². The molecule has 0 saturated heterocycles. The number of hydrogen-bond acceptors (Lipinski definition) is 16. The van der Waals surface area contributed by atoms with Crippen LogP contribution in [0.15, 0.2) is 60.2 Å². The highest BCUT2D eigenvalue weighted by molar-refractivity contribution is 7.00. The monoisotopic (exact) mass is 776 g/mol. The van der Waals surface area contributed by atoms with Crippen molar-refractivity contribution in [1.29, 1.82) is 0 Å². The first-order valence-electron chi connectivity index (χ1n) is 16.3. The quantitative estimate of drug-likeness (QED) is 0.108. The van der Waals surface area contributed by atoms with Gasteiger partial charge in [-0.3, -0.25) is 4.79 Å². The first kappa shape index (κ1) is 39.9. The highest BCUT2D eigenvalue weighted by Gasteiger charge is 2.49. The number of hydrogen-bond donors (Lipinski definition) is 1. The lowest BCUT2D eigenvalue weighted by Crippen LogP contribution is -2.30. The highest BCUT2D eigenvalue weighted by atomic mass is 32.1. The zero-order valence-electron chi connectivity index (χ0n) is 31.6. The molecule has 4 aromatic carbocycles. The van der Waals surface area contributed by atoms with Gasteiger partial charge in [-0.05, 0) is 59.7 Å². The van der Waals surface area contributed by atoms with Crippen LogP contribution < -0.4 is 42.6 Å². The van der Waals surface area contributed by atoms with Gasteiger partial charge >= 0.3 is 5.97 Å². The number of rotatable bonds is 14. The highest BCUT2D eigenvalue weighted by Crippen LogP contribution is 2.50. The molecule has 0 amide bonds. The average Bonchev–Trinajstić information content (AvgIpc) is 3.79. The SMILES string of the molecule is COc1cc(C=O)cc(OC)c1OC.COc1cc(CC2=C(c3ccc4nsnc4c3)C(=O)OC2(O)c2cc(OC)c(OC)c(OC)c2)cc(OC)c1OC. The number of esters is 1. The molecule has 1 aromatic heterocycles. The molecule has 2 heterocycles. The van der Waals surface area contributed by atoms with Crippen molar-refractivity contribution in [3.63, 3.8) is 0 Å². The first-order valence-corrected chi connectivity index (χ1v) is 17.1. The van der Waals surface area contributed by atoms with E-state index in [1.807, 2.05) is 0 Å². The Morgan fingerprint density at radius 2 is 1.09 bits per heavy atom. The molecule has 5 aromatic rings. The lowest BCUT2D eigenvalue weighted by atomic mass is 9.87. The molecular formula is C39H40N2O13S. The number of aldehydes is 1. The van der Waals surface area contributed by atoms with Crippen LogP contribution in [0.5, 0.6) is 51.7 Å². The summed E-state index contributed by atoms with van der Waals surface area (Å²) in [6, 6.07) is 15.0. The molecule has 16 heteroatoms. The predicted molar refractivity (Wildman–Crippen MR) is 202 cm³/mol. The second-order valence-corrected chi connectivity index (χ2v) is 12.1. The van der Waals surface area contributed by atoms with E-state index in [2.05, 4.69) is 8.75 Å². The molecule has 1 aliphatic heterocycles. The summed E-state index contributed by atoms with van der Waals surface area (Å²) in [4.78, 5) is 24.2. The second kappa shape index (κ2) is 17.3. The van der Waals surface area contributed by atoms with Crippen molar-refractivity contribution in [3.05, 3.63) is 82.4 Å². The van der Waals surface area contributed by atoms with E-state index in [1.54, 1.807) is 54.6 Å². The molecule has 0 bridgehead atoms. The van der Waals surface area contributed by atoms with Gasteiger partial charge in [-0.2, -0.15) is 8.75 Å². The van der Waals surface area contributed by atoms with Gasteiger partial charge in [0, 0.05) is 23.1 Å². The third kappa shape index (κ3) is 7.72. The van der Waals surface area contributed by atoms with E-state index in [-0.39, 0.29) is 34.6 Å². The number of methoxy groups -OCH3 is 9. The summed E-state index contributed by atoms with van der Waals surface area (Å²) in [5.74, 6) is 0.658. The number of benzene rings is 4. The Morgan fingerprint density at radius 1 is 0.636 bits per heavy atom. The van der Waals surface area contributed by atoms with Crippen molar-refractivity contribution in [2.45, 2.75) is 12.2 Å². The third-order valence-electron chi connectivity index (χ3n) is 8.68. The molecule has 0 saturated carbocycles. The van der Waals surface area contributed by atoms with Gasteiger partial charge in [-0.1, -0.05) is 6.07 Å². The minimum Gasteiger partial charge on any atom is -0.493 e. The molecule has 1 N–H and O–H groups in total. The fourth-order valence-corrected chi connectivity index (χ4v) is 6.62. The van der Waals surface area contributed by atoms with Gasteiger partial charge in [-0.25, -0.2) is 4.79 Å². The fraction of sp³-hybridized carbons (Fsp3) is 0.282. The molecule has 0 aliphatic carbocycles. The first-order chi connectivity index (χ1) is 26.6. The average molecular weight is 777 g/mol. The van der Waals surface area contributed by atoms with Gasteiger partial charge in [0.1, 0.15) is 17.3 Å². The number of carbonyl (C=O) groups excluding carboxylic acids is 2. The van der Waals surface area contributed by atoms with Crippen LogP contribution >= 0.6 is 11.7 Å². The molecule has 15 nitrogen and oxygen atoms in total. The molecule has 55 heavy (non-hydrogen) atoms. The largest absolute Gasteiger partial charge is 0.493 e. The van der Waals surface area contributed by atoms with E-state index in [9.17, 15) is 14.7 Å². The third-order valence-corrected chi connectivity index (χ3v) is 9.24. The number of cyclic esters (lactones) is 1. The second-order valence-electron chi connectivity index (χ2n) is 11.6. The molecule has 1 atom stereocenters. The van der Waals surface area contributed by atoms with Crippen LogP contribution in [0.2, 0.25) is 0 Å². The Bertz CT molecular complexity index is 2160. The van der Waals surface area contributed by atoms with Crippen LogP contribution in [0.1, 0.15) is 27.0 Å². The summed E-state index contributed by atoms with van der Waals surface area (Å²) in [7, 11) is 13.5. The fourth-order valence-electron chi connectivity index (χ4n) is 6.10. The Morgan fingerprint density at radius 3 is 1.55 bits per heavy atom. The summed E-state index contributed by atoms with van der Waals surface area (Å²) < 4.78 is 62.5. The van der Waals surface area contributed by atoms with Gasteiger partial charge in [0.15, 0.2) is 34.5 Å².